The van der Waals surface area contributed by atoms with Crippen molar-refractivity contribution in [2.75, 3.05) is 20.3 Å². The number of fused-ring (bicyclic) bond motifs is 1. The number of carboxylic acid groups (broad SMARTS) is 1. The fraction of sp³-hybridized carbons (Fsp3) is 0.214. The van der Waals surface area contributed by atoms with Crippen LogP contribution in [0.4, 0.5) is 0 Å². The van der Waals surface area contributed by atoms with Gasteiger partial charge in [0.1, 0.15) is 12.4 Å². The molecular formula is C28H28N2O5. The smallest absolute Gasteiger partial charge is 0.335 e. The van der Waals surface area contributed by atoms with Crippen molar-refractivity contribution in [2.45, 2.75) is 19.5 Å². The Bertz CT molecular complexity index is 1310. The van der Waals surface area contributed by atoms with Gasteiger partial charge in [-0.15, -0.1) is 0 Å². The van der Waals surface area contributed by atoms with Crippen molar-refractivity contribution in [1.29, 1.82) is 0 Å². The number of aromatic carboxylic acids is 1. The van der Waals surface area contributed by atoms with Crippen LogP contribution in [-0.2, 0) is 11.3 Å². The first kappa shape index (κ1) is 24.0. The summed E-state index contributed by atoms with van der Waals surface area (Å²) in [5.41, 5.74) is 3.58. The number of carbonyl (C=O) groups excluding carboxylic acids is 1. The minimum Gasteiger partial charge on any atom is -0.491 e. The highest BCUT2D eigenvalue weighted by molar-refractivity contribution is 6.06. The third-order valence-electron chi connectivity index (χ3n) is 5.87. The predicted octanol–water partition coefficient (Wildman–Crippen LogP) is 4.90. The van der Waals surface area contributed by atoms with E-state index < -0.39 is 5.97 Å². The molecule has 0 unspecified atom stereocenters. The molecule has 3 aromatic carbocycles. The summed E-state index contributed by atoms with van der Waals surface area (Å²) in [6.07, 6.45) is 1.98. The van der Waals surface area contributed by atoms with Gasteiger partial charge in [-0.25, -0.2) is 4.79 Å². The van der Waals surface area contributed by atoms with Gasteiger partial charge in [0.25, 0.3) is 5.91 Å². The van der Waals surface area contributed by atoms with Gasteiger partial charge < -0.3 is 24.5 Å². The summed E-state index contributed by atoms with van der Waals surface area (Å²) in [4.78, 5) is 24.3. The molecule has 0 fully saturated rings. The Hall–Kier alpha value is -4.10. The minimum absolute atomic E-state index is 0.188. The van der Waals surface area contributed by atoms with E-state index in [2.05, 4.69) is 9.88 Å². The molecule has 0 saturated heterocycles. The number of aromatic nitrogens is 1. The van der Waals surface area contributed by atoms with Crippen molar-refractivity contribution < 1.29 is 24.2 Å². The minimum atomic E-state index is -0.978. The number of hydrogen-bond donors (Lipinski definition) is 2. The van der Waals surface area contributed by atoms with E-state index in [-0.39, 0.29) is 17.5 Å². The highest BCUT2D eigenvalue weighted by atomic mass is 16.5. The summed E-state index contributed by atoms with van der Waals surface area (Å²) >= 11 is 0. The van der Waals surface area contributed by atoms with Gasteiger partial charge in [0, 0.05) is 25.2 Å². The summed E-state index contributed by atoms with van der Waals surface area (Å²) in [6.45, 7) is 3.52. The van der Waals surface area contributed by atoms with E-state index >= 15 is 0 Å². The molecule has 1 heterocycles. The highest BCUT2D eigenvalue weighted by Crippen LogP contribution is 2.24. The summed E-state index contributed by atoms with van der Waals surface area (Å²) in [7, 11) is 1.64. The van der Waals surface area contributed by atoms with Crippen LogP contribution in [0.3, 0.4) is 0 Å². The first-order valence-electron chi connectivity index (χ1n) is 11.4. The largest absolute Gasteiger partial charge is 0.491 e. The third kappa shape index (κ3) is 5.70. The van der Waals surface area contributed by atoms with Crippen LogP contribution in [0.5, 0.6) is 5.75 Å². The van der Waals surface area contributed by atoms with Gasteiger partial charge >= 0.3 is 5.97 Å². The van der Waals surface area contributed by atoms with E-state index in [1.54, 1.807) is 31.4 Å². The van der Waals surface area contributed by atoms with Gasteiger partial charge in [-0.05, 0) is 54.4 Å². The zero-order valence-corrected chi connectivity index (χ0v) is 19.7. The lowest BCUT2D eigenvalue weighted by Gasteiger charge is -2.16. The lowest BCUT2D eigenvalue weighted by atomic mass is 10.0. The molecule has 0 aliphatic rings. The number of amides is 1. The lowest BCUT2D eigenvalue weighted by molar-refractivity contribution is 0.0696. The molecule has 0 radical (unpaired) electrons. The number of carbonyl (C=O) groups is 2. The maximum absolute atomic E-state index is 13.2. The van der Waals surface area contributed by atoms with Gasteiger partial charge in [-0.3, -0.25) is 4.79 Å². The van der Waals surface area contributed by atoms with Crippen molar-refractivity contribution in [3.63, 3.8) is 0 Å². The Balaban J connectivity index is 1.51. The van der Waals surface area contributed by atoms with Crippen LogP contribution < -0.4 is 10.1 Å². The number of benzene rings is 3. The molecule has 180 valence electrons. The molecule has 2 N–H and O–H groups in total. The quantitative estimate of drug-likeness (QED) is 0.320. The number of nitrogens with one attached hydrogen (secondary N) is 1. The lowest BCUT2D eigenvalue weighted by Crippen LogP contribution is -2.27. The SMILES string of the molecule is COCCOc1ccc(Cn2ccc3cccc(C(=O)N[C@@H](C)c4ccc(C(=O)O)cc4)c32)cc1. The van der Waals surface area contributed by atoms with Crippen LogP contribution >= 0.6 is 0 Å². The van der Waals surface area contributed by atoms with Gasteiger partial charge in [-0.2, -0.15) is 0 Å². The van der Waals surface area contributed by atoms with Crippen LogP contribution in [0.2, 0.25) is 0 Å². The Morgan fingerprint density at radius 2 is 1.71 bits per heavy atom. The molecular weight excluding hydrogens is 444 g/mol. The van der Waals surface area contributed by atoms with Crippen molar-refractivity contribution >= 4 is 22.8 Å². The van der Waals surface area contributed by atoms with Crippen LogP contribution in [-0.4, -0.2) is 41.9 Å². The molecule has 0 spiro atoms. The molecule has 1 amide bonds. The Morgan fingerprint density at radius 3 is 2.40 bits per heavy atom. The Labute approximate surface area is 203 Å². The molecule has 1 aromatic heterocycles. The molecule has 7 heteroatoms. The summed E-state index contributed by atoms with van der Waals surface area (Å²) in [6, 6.07) is 21.8. The van der Waals surface area contributed by atoms with Crippen molar-refractivity contribution in [1.82, 2.24) is 9.88 Å². The number of ether oxygens (including phenoxy) is 2. The number of carboxylic acids is 1. The van der Waals surface area contributed by atoms with E-state index in [9.17, 15) is 9.59 Å². The van der Waals surface area contributed by atoms with E-state index in [0.717, 1.165) is 27.8 Å². The normalized spacial score (nSPS) is 11.8. The molecule has 0 aliphatic carbocycles. The number of para-hydroxylation sites is 1. The molecule has 4 rings (SSSR count). The number of nitrogens with zero attached hydrogens (tertiary/aromatic N) is 1. The van der Waals surface area contributed by atoms with Gasteiger partial charge in [0.15, 0.2) is 0 Å². The molecule has 0 bridgehead atoms. The molecule has 4 aromatic rings. The molecule has 0 saturated carbocycles. The highest BCUT2D eigenvalue weighted by Gasteiger charge is 2.17. The average Bonchev–Trinajstić information content (AvgIpc) is 3.28. The van der Waals surface area contributed by atoms with Crippen LogP contribution in [0.15, 0.2) is 79.0 Å². The second-order valence-corrected chi connectivity index (χ2v) is 8.29. The van der Waals surface area contributed by atoms with Crippen molar-refractivity contribution in [3.8, 4) is 5.75 Å². The van der Waals surface area contributed by atoms with E-state index in [4.69, 9.17) is 14.6 Å². The first-order chi connectivity index (χ1) is 17.0. The molecule has 7 nitrogen and oxygen atoms in total. The number of hydrogen-bond acceptors (Lipinski definition) is 4. The topological polar surface area (TPSA) is 89.8 Å². The number of methoxy groups -OCH3 is 1. The fourth-order valence-corrected chi connectivity index (χ4v) is 3.98. The molecule has 0 aliphatic heterocycles. The summed E-state index contributed by atoms with van der Waals surface area (Å²) in [5.74, 6) is -0.380. The monoisotopic (exact) mass is 472 g/mol. The van der Waals surface area contributed by atoms with Crippen molar-refractivity contribution in [2.24, 2.45) is 0 Å². The zero-order valence-electron chi connectivity index (χ0n) is 19.7. The maximum atomic E-state index is 13.2. The van der Waals surface area contributed by atoms with Crippen LogP contribution in [0.1, 0.15) is 44.8 Å². The second kappa shape index (κ2) is 10.9. The maximum Gasteiger partial charge on any atom is 0.335 e. The first-order valence-corrected chi connectivity index (χ1v) is 11.4. The van der Waals surface area contributed by atoms with E-state index in [1.165, 1.54) is 0 Å². The van der Waals surface area contributed by atoms with Gasteiger partial charge in [0.2, 0.25) is 0 Å². The van der Waals surface area contributed by atoms with Crippen molar-refractivity contribution in [3.05, 3.63) is 101 Å². The summed E-state index contributed by atoms with van der Waals surface area (Å²) in [5, 5.41) is 13.1. The van der Waals surface area contributed by atoms with Crippen LogP contribution in [0.25, 0.3) is 10.9 Å². The number of rotatable bonds is 10. The second-order valence-electron chi connectivity index (χ2n) is 8.29. The van der Waals surface area contributed by atoms with E-state index in [1.807, 2.05) is 61.7 Å². The standard InChI is InChI=1S/C28H28N2O5/c1-19(21-8-10-23(11-9-21)28(32)33)29-27(31)25-5-3-4-22-14-15-30(26(22)25)18-20-6-12-24(13-7-20)35-17-16-34-2/h3-15,19H,16-18H2,1-2H3,(H,29,31)(H,32,33)/t19-/m0/s1. The van der Waals surface area contributed by atoms with Gasteiger partial charge in [-0.1, -0.05) is 36.4 Å². The fourth-order valence-electron chi connectivity index (χ4n) is 3.98. The van der Waals surface area contributed by atoms with Crippen LogP contribution in [0, 0.1) is 0 Å². The summed E-state index contributed by atoms with van der Waals surface area (Å²) < 4.78 is 12.7. The average molecular weight is 473 g/mol. The Kier molecular flexibility index (Phi) is 7.48. The molecule has 35 heavy (non-hydrogen) atoms. The zero-order chi connectivity index (χ0) is 24.8. The van der Waals surface area contributed by atoms with Gasteiger partial charge in [0.05, 0.1) is 29.3 Å². The third-order valence-corrected chi connectivity index (χ3v) is 5.87. The molecule has 1 atom stereocenters. The van der Waals surface area contributed by atoms with E-state index in [0.29, 0.717) is 25.3 Å². The predicted molar refractivity (Wildman–Crippen MR) is 134 cm³/mol. The Morgan fingerprint density at radius 1 is 0.971 bits per heavy atom.